The van der Waals surface area contributed by atoms with Crippen molar-refractivity contribution in [2.24, 2.45) is 5.41 Å². The number of carbonyl (C=O) groups excluding carboxylic acids is 1. The zero-order valence-corrected chi connectivity index (χ0v) is 12.3. The van der Waals surface area contributed by atoms with E-state index in [-0.39, 0.29) is 11.8 Å². The quantitative estimate of drug-likeness (QED) is 0.898. The molecule has 5 heteroatoms. The summed E-state index contributed by atoms with van der Waals surface area (Å²) in [4.78, 5) is 14.5. The number of carbonyl (C=O) groups is 1. The van der Waals surface area contributed by atoms with Gasteiger partial charge in [0.2, 0.25) is 0 Å². The second kappa shape index (κ2) is 5.20. The molecule has 0 unspecified atom stereocenters. The number of amides is 1. The number of nitrogens with zero attached hydrogens (tertiary/aromatic N) is 2. The molecule has 0 aliphatic carbocycles. The summed E-state index contributed by atoms with van der Waals surface area (Å²) in [7, 11) is 0. The van der Waals surface area contributed by atoms with Crippen molar-refractivity contribution in [3.05, 3.63) is 17.5 Å². The molecule has 2 fully saturated rings. The van der Waals surface area contributed by atoms with E-state index in [0.29, 0.717) is 11.1 Å². The summed E-state index contributed by atoms with van der Waals surface area (Å²) in [6.07, 6.45) is 3.48. The predicted octanol–water partition coefficient (Wildman–Crippen LogP) is 2.01. The molecular formula is C15H23N3O2. The first-order valence-corrected chi connectivity index (χ1v) is 7.56. The first kappa shape index (κ1) is 13.6. The molecule has 3 rings (SSSR count). The van der Waals surface area contributed by atoms with Crippen LogP contribution in [0.3, 0.4) is 0 Å². The van der Waals surface area contributed by atoms with Crippen molar-refractivity contribution in [3.63, 3.8) is 0 Å². The molecule has 1 atom stereocenters. The van der Waals surface area contributed by atoms with Gasteiger partial charge in [-0.2, -0.15) is 0 Å². The summed E-state index contributed by atoms with van der Waals surface area (Å²) < 4.78 is 5.25. The van der Waals surface area contributed by atoms with Gasteiger partial charge < -0.3 is 14.7 Å². The highest BCUT2D eigenvalue weighted by Crippen LogP contribution is 2.35. The van der Waals surface area contributed by atoms with Crippen molar-refractivity contribution >= 4 is 5.91 Å². The van der Waals surface area contributed by atoms with Crippen molar-refractivity contribution in [1.29, 1.82) is 0 Å². The molecular weight excluding hydrogens is 254 g/mol. The smallest absolute Gasteiger partial charge is 0.276 e. The summed E-state index contributed by atoms with van der Waals surface area (Å²) in [5, 5.41) is 7.37. The van der Waals surface area contributed by atoms with Gasteiger partial charge in [0, 0.05) is 37.0 Å². The Balaban J connectivity index is 1.72. The highest BCUT2D eigenvalue weighted by atomic mass is 16.5. The van der Waals surface area contributed by atoms with E-state index in [1.165, 1.54) is 12.8 Å². The fourth-order valence-corrected chi connectivity index (χ4v) is 3.35. The average Bonchev–Trinajstić information content (AvgIpc) is 3.08. The Labute approximate surface area is 119 Å². The number of likely N-dealkylation sites (tertiary alicyclic amines) is 1. The number of piperidine rings is 1. The molecule has 0 radical (unpaired) electrons. The topological polar surface area (TPSA) is 58.4 Å². The zero-order valence-electron chi connectivity index (χ0n) is 12.3. The molecule has 1 N–H and O–H groups in total. The van der Waals surface area contributed by atoms with Crippen molar-refractivity contribution in [3.8, 4) is 0 Å². The van der Waals surface area contributed by atoms with Gasteiger partial charge in [0.05, 0.1) is 0 Å². The van der Waals surface area contributed by atoms with E-state index in [9.17, 15) is 4.79 Å². The number of aromatic nitrogens is 1. The van der Waals surface area contributed by atoms with Gasteiger partial charge in [-0.1, -0.05) is 19.0 Å². The van der Waals surface area contributed by atoms with Gasteiger partial charge in [0.15, 0.2) is 5.69 Å². The molecule has 5 nitrogen and oxygen atoms in total. The molecule has 1 aromatic heterocycles. The third-order valence-electron chi connectivity index (χ3n) is 4.60. The fraction of sp³-hybridized carbons (Fsp3) is 0.733. The lowest BCUT2D eigenvalue weighted by Gasteiger charge is -2.39. The van der Waals surface area contributed by atoms with Crippen molar-refractivity contribution in [1.82, 2.24) is 15.4 Å². The molecule has 2 aliphatic rings. The van der Waals surface area contributed by atoms with Gasteiger partial charge in [-0.05, 0) is 25.8 Å². The third kappa shape index (κ3) is 2.46. The molecule has 2 saturated heterocycles. The minimum absolute atomic E-state index is 0.0200. The average molecular weight is 277 g/mol. The van der Waals surface area contributed by atoms with E-state index in [0.717, 1.165) is 38.4 Å². The van der Waals surface area contributed by atoms with Gasteiger partial charge in [0.1, 0.15) is 5.76 Å². The SMILES string of the molecule is CC(C)c1cc(C(=O)N2CCC[C@]3(CCNC3)C2)no1. The van der Waals surface area contributed by atoms with Crippen LogP contribution < -0.4 is 5.32 Å². The lowest BCUT2D eigenvalue weighted by atomic mass is 9.79. The van der Waals surface area contributed by atoms with Crippen LogP contribution in [0, 0.1) is 5.41 Å². The highest BCUT2D eigenvalue weighted by Gasteiger charge is 2.39. The van der Waals surface area contributed by atoms with E-state index < -0.39 is 0 Å². The second-order valence-electron chi connectivity index (χ2n) is 6.53. The highest BCUT2D eigenvalue weighted by molar-refractivity contribution is 5.92. The molecule has 1 spiro atoms. The van der Waals surface area contributed by atoms with Crippen LogP contribution in [0.15, 0.2) is 10.6 Å². The van der Waals surface area contributed by atoms with Crippen LogP contribution in [0.2, 0.25) is 0 Å². The molecule has 2 aliphatic heterocycles. The Hall–Kier alpha value is -1.36. The Morgan fingerprint density at radius 1 is 1.50 bits per heavy atom. The number of hydrogen-bond acceptors (Lipinski definition) is 4. The van der Waals surface area contributed by atoms with Crippen LogP contribution in [0.4, 0.5) is 0 Å². The van der Waals surface area contributed by atoms with E-state index in [4.69, 9.17) is 4.52 Å². The second-order valence-corrected chi connectivity index (χ2v) is 6.53. The van der Waals surface area contributed by atoms with Gasteiger partial charge in [-0.15, -0.1) is 0 Å². The maximum Gasteiger partial charge on any atom is 0.276 e. The van der Waals surface area contributed by atoms with Crippen molar-refractivity contribution in [2.45, 2.75) is 39.0 Å². The van der Waals surface area contributed by atoms with Crippen LogP contribution in [-0.4, -0.2) is 42.1 Å². The van der Waals surface area contributed by atoms with Gasteiger partial charge in [-0.3, -0.25) is 4.79 Å². The number of hydrogen-bond donors (Lipinski definition) is 1. The minimum Gasteiger partial charge on any atom is -0.360 e. The standard InChI is InChI=1S/C15H23N3O2/c1-11(2)13-8-12(17-20-13)14(19)18-7-3-4-15(10-18)5-6-16-9-15/h8,11,16H,3-7,9-10H2,1-2H3/t15-/m1/s1. The van der Waals surface area contributed by atoms with Crippen LogP contribution >= 0.6 is 0 Å². The summed E-state index contributed by atoms with van der Waals surface area (Å²) >= 11 is 0. The van der Waals surface area contributed by atoms with Gasteiger partial charge in [0.25, 0.3) is 5.91 Å². The Morgan fingerprint density at radius 2 is 2.35 bits per heavy atom. The van der Waals surface area contributed by atoms with Crippen LogP contribution in [0.5, 0.6) is 0 Å². The van der Waals surface area contributed by atoms with Gasteiger partial charge in [-0.25, -0.2) is 0 Å². The summed E-state index contributed by atoms with van der Waals surface area (Å²) in [6, 6.07) is 1.79. The first-order valence-electron chi connectivity index (χ1n) is 7.56. The van der Waals surface area contributed by atoms with Crippen molar-refractivity contribution in [2.75, 3.05) is 26.2 Å². The lowest BCUT2D eigenvalue weighted by molar-refractivity contribution is 0.0543. The Morgan fingerprint density at radius 3 is 3.00 bits per heavy atom. The molecule has 110 valence electrons. The third-order valence-corrected chi connectivity index (χ3v) is 4.60. The van der Waals surface area contributed by atoms with Crippen LogP contribution in [0.25, 0.3) is 0 Å². The molecule has 1 aromatic rings. The molecule has 0 saturated carbocycles. The number of nitrogens with one attached hydrogen (secondary N) is 1. The Kier molecular flexibility index (Phi) is 3.54. The fourth-order valence-electron chi connectivity index (χ4n) is 3.35. The normalized spacial score (nSPS) is 26.6. The maximum absolute atomic E-state index is 12.6. The summed E-state index contributed by atoms with van der Waals surface area (Å²) in [5.41, 5.74) is 0.745. The largest absolute Gasteiger partial charge is 0.360 e. The zero-order chi connectivity index (χ0) is 14.2. The molecule has 0 aromatic carbocycles. The predicted molar refractivity (Wildman–Crippen MR) is 75.6 cm³/mol. The summed E-state index contributed by atoms with van der Waals surface area (Å²) in [6.45, 7) is 7.87. The van der Waals surface area contributed by atoms with E-state index in [1.807, 2.05) is 18.7 Å². The molecule has 3 heterocycles. The molecule has 1 amide bonds. The van der Waals surface area contributed by atoms with Crippen molar-refractivity contribution < 1.29 is 9.32 Å². The summed E-state index contributed by atoms with van der Waals surface area (Å²) in [5.74, 6) is 1.06. The first-order chi connectivity index (χ1) is 9.60. The molecule has 20 heavy (non-hydrogen) atoms. The van der Waals surface area contributed by atoms with E-state index >= 15 is 0 Å². The lowest BCUT2D eigenvalue weighted by Crippen LogP contribution is -2.47. The minimum atomic E-state index is 0.0200. The Bertz CT molecular complexity index is 489. The monoisotopic (exact) mass is 277 g/mol. The van der Waals surface area contributed by atoms with Crippen LogP contribution in [0.1, 0.15) is 55.3 Å². The van der Waals surface area contributed by atoms with E-state index in [2.05, 4.69) is 10.5 Å². The van der Waals surface area contributed by atoms with Gasteiger partial charge >= 0.3 is 0 Å². The number of rotatable bonds is 2. The van der Waals surface area contributed by atoms with Crippen LogP contribution in [-0.2, 0) is 0 Å². The molecule has 0 bridgehead atoms. The maximum atomic E-state index is 12.6. The van der Waals surface area contributed by atoms with E-state index in [1.54, 1.807) is 6.07 Å².